The van der Waals surface area contributed by atoms with Crippen LogP contribution in [0.3, 0.4) is 0 Å². The van der Waals surface area contributed by atoms with Crippen LogP contribution in [0.1, 0.15) is 39.7 Å². The minimum Gasteiger partial charge on any atom is -0.452 e. The number of aromatic amines is 1. The van der Waals surface area contributed by atoms with Crippen molar-refractivity contribution in [1.29, 1.82) is 5.26 Å². The third-order valence-corrected chi connectivity index (χ3v) is 6.35. The summed E-state index contributed by atoms with van der Waals surface area (Å²) in [6.07, 6.45) is 2.75. The van der Waals surface area contributed by atoms with Crippen molar-refractivity contribution >= 4 is 39.1 Å². The molecule has 30 heavy (non-hydrogen) atoms. The summed E-state index contributed by atoms with van der Waals surface area (Å²) in [5.41, 5.74) is 1.70. The Balaban J connectivity index is 1.47. The first-order valence-electron chi connectivity index (χ1n) is 9.60. The summed E-state index contributed by atoms with van der Waals surface area (Å²) in [6, 6.07) is 10.2. The fraction of sp³-hybridized carbons (Fsp3) is 0.273. The number of carbonyl (C=O) groups excluding carboxylic acids is 2. The summed E-state index contributed by atoms with van der Waals surface area (Å²) < 4.78 is 5.14. The molecule has 1 aromatic carbocycles. The third-order valence-electron chi connectivity index (χ3n) is 5.18. The van der Waals surface area contributed by atoms with Crippen molar-refractivity contribution in [3.63, 3.8) is 0 Å². The molecule has 2 aromatic heterocycles. The van der Waals surface area contributed by atoms with Gasteiger partial charge in [0.25, 0.3) is 5.91 Å². The molecule has 0 bridgehead atoms. The Labute approximate surface area is 176 Å². The normalized spacial score (nSPS) is 15.3. The molecular formula is C22H19N3O4S. The van der Waals surface area contributed by atoms with Crippen LogP contribution >= 0.6 is 11.3 Å². The van der Waals surface area contributed by atoms with Crippen LogP contribution in [0.4, 0.5) is 5.00 Å². The molecule has 0 spiro atoms. The smallest absolute Gasteiger partial charge is 0.339 e. The van der Waals surface area contributed by atoms with E-state index in [1.807, 2.05) is 0 Å². The van der Waals surface area contributed by atoms with Gasteiger partial charge in [0.15, 0.2) is 6.61 Å². The highest BCUT2D eigenvalue weighted by Gasteiger charge is 2.25. The molecule has 0 radical (unpaired) electrons. The van der Waals surface area contributed by atoms with Crippen LogP contribution in [0.25, 0.3) is 10.9 Å². The molecular weight excluding hydrogens is 402 g/mol. The van der Waals surface area contributed by atoms with E-state index in [1.165, 1.54) is 11.3 Å². The molecule has 8 heteroatoms. The predicted octanol–water partition coefficient (Wildman–Crippen LogP) is 3.38. The number of para-hydroxylation sites is 1. The van der Waals surface area contributed by atoms with Crippen molar-refractivity contribution in [2.24, 2.45) is 5.92 Å². The topological polar surface area (TPSA) is 112 Å². The maximum Gasteiger partial charge on any atom is 0.339 e. The second kappa shape index (κ2) is 8.13. The molecule has 1 atom stereocenters. The molecule has 0 saturated heterocycles. The zero-order valence-electron chi connectivity index (χ0n) is 16.3. The number of anilines is 1. The number of aromatic nitrogens is 1. The highest BCUT2D eigenvalue weighted by Crippen LogP contribution is 2.39. The first-order valence-corrected chi connectivity index (χ1v) is 10.4. The SMILES string of the molecule is CC1CCc2c(sc(NC(=O)COC(=O)c3cc(=O)[nH]c4ccccc34)c2C#N)C1. The minimum atomic E-state index is -0.757. The Kier molecular flexibility index (Phi) is 5.38. The highest BCUT2D eigenvalue weighted by molar-refractivity contribution is 7.16. The molecule has 2 N–H and O–H groups in total. The minimum absolute atomic E-state index is 0.0976. The zero-order chi connectivity index (χ0) is 21.3. The molecule has 7 nitrogen and oxygen atoms in total. The predicted molar refractivity (Wildman–Crippen MR) is 114 cm³/mol. The quantitative estimate of drug-likeness (QED) is 0.627. The van der Waals surface area contributed by atoms with Crippen molar-refractivity contribution in [3.8, 4) is 6.07 Å². The average Bonchev–Trinajstić information content (AvgIpc) is 3.07. The van der Waals surface area contributed by atoms with E-state index in [-0.39, 0.29) is 5.56 Å². The molecule has 0 aliphatic heterocycles. The number of carbonyl (C=O) groups is 2. The van der Waals surface area contributed by atoms with Gasteiger partial charge in [-0.25, -0.2) is 4.79 Å². The first kappa shape index (κ1) is 19.9. The van der Waals surface area contributed by atoms with E-state index in [1.54, 1.807) is 24.3 Å². The fourth-order valence-electron chi connectivity index (χ4n) is 3.70. The van der Waals surface area contributed by atoms with Gasteiger partial charge in [0, 0.05) is 21.8 Å². The largest absolute Gasteiger partial charge is 0.452 e. The number of rotatable bonds is 4. The number of ether oxygens (including phenoxy) is 1. The van der Waals surface area contributed by atoms with E-state index in [0.717, 1.165) is 35.8 Å². The molecule has 2 heterocycles. The molecule has 1 amide bonds. The Morgan fingerprint density at radius 3 is 2.97 bits per heavy atom. The van der Waals surface area contributed by atoms with Gasteiger partial charge < -0.3 is 15.0 Å². The number of nitrogens with zero attached hydrogens (tertiary/aromatic N) is 1. The van der Waals surface area contributed by atoms with Gasteiger partial charge in [0.05, 0.1) is 11.1 Å². The van der Waals surface area contributed by atoms with Gasteiger partial charge in [0.2, 0.25) is 5.56 Å². The van der Waals surface area contributed by atoms with Crippen LogP contribution in [-0.4, -0.2) is 23.5 Å². The lowest BCUT2D eigenvalue weighted by Crippen LogP contribution is -2.22. The Hall–Kier alpha value is -3.44. The van der Waals surface area contributed by atoms with Gasteiger partial charge in [-0.1, -0.05) is 25.1 Å². The molecule has 0 saturated carbocycles. The van der Waals surface area contributed by atoms with Gasteiger partial charge >= 0.3 is 5.97 Å². The van der Waals surface area contributed by atoms with Gasteiger partial charge in [-0.05, 0) is 36.8 Å². The molecule has 0 fully saturated rings. The average molecular weight is 421 g/mol. The van der Waals surface area contributed by atoms with Crippen LogP contribution < -0.4 is 10.9 Å². The highest BCUT2D eigenvalue weighted by atomic mass is 32.1. The monoisotopic (exact) mass is 421 g/mol. The van der Waals surface area contributed by atoms with Gasteiger partial charge in [-0.15, -0.1) is 11.3 Å². The molecule has 1 aliphatic rings. The molecule has 152 valence electrons. The number of benzene rings is 1. The number of H-pyrrole nitrogens is 1. The Bertz CT molecular complexity index is 1250. The second-order valence-corrected chi connectivity index (χ2v) is 8.49. The molecule has 3 aromatic rings. The van der Waals surface area contributed by atoms with Crippen molar-refractivity contribution < 1.29 is 14.3 Å². The number of amides is 1. The summed E-state index contributed by atoms with van der Waals surface area (Å²) >= 11 is 1.41. The molecule has 4 rings (SSSR count). The van der Waals surface area contributed by atoms with Crippen molar-refractivity contribution in [3.05, 3.63) is 62.3 Å². The first-order chi connectivity index (χ1) is 14.5. The Morgan fingerprint density at radius 1 is 1.37 bits per heavy atom. The summed E-state index contributed by atoms with van der Waals surface area (Å²) in [7, 11) is 0. The number of hydrogen-bond donors (Lipinski definition) is 2. The lowest BCUT2D eigenvalue weighted by molar-refractivity contribution is -0.119. The summed E-state index contributed by atoms with van der Waals surface area (Å²) in [5, 5.41) is 13.3. The number of fused-ring (bicyclic) bond motifs is 2. The summed E-state index contributed by atoms with van der Waals surface area (Å²) in [4.78, 5) is 40.4. The standard InChI is InChI=1S/C22H19N3O4S/c1-12-6-7-14-16(10-23)21(30-18(14)8-12)25-20(27)11-29-22(28)15-9-19(26)24-17-5-3-2-4-13(15)17/h2-5,9,12H,6-8,11H2,1H3,(H,24,26)(H,25,27). The van der Waals surface area contributed by atoms with E-state index in [9.17, 15) is 19.6 Å². The number of pyridine rings is 1. The number of nitriles is 1. The van der Waals surface area contributed by atoms with Crippen molar-refractivity contribution in [1.82, 2.24) is 4.98 Å². The van der Waals surface area contributed by atoms with Crippen LogP contribution in [0, 0.1) is 17.2 Å². The van der Waals surface area contributed by atoms with Crippen LogP contribution in [0.15, 0.2) is 35.1 Å². The van der Waals surface area contributed by atoms with Crippen LogP contribution in [-0.2, 0) is 22.4 Å². The van der Waals surface area contributed by atoms with E-state index in [0.29, 0.717) is 27.4 Å². The van der Waals surface area contributed by atoms with Crippen LogP contribution in [0.5, 0.6) is 0 Å². The maximum atomic E-state index is 12.5. The van der Waals surface area contributed by atoms with E-state index >= 15 is 0 Å². The molecule has 1 unspecified atom stereocenters. The fourth-order valence-corrected chi connectivity index (χ4v) is 5.08. The second-order valence-electron chi connectivity index (χ2n) is 7.38. The van der Waals surface area contributed by atoms with E-state index < -0.39 is 24.0 Å². The van der Waals surface area contributed by atoms with Crippen LogP contribution in [0.2, 0.25) is 0 Å². The van der Waals surface area contributed by atoms with Gasteiger partial charge in [-0.3, -0.25) is 9.59 Å². The number of nitrogens with one attached hydrogen (secondary N) is 2. The van der Waals surface area contributed by atoms with E-state index in [4.69, 9.17) is 4.74 Å². The van der Waals surface area contributed by atoms with Gasteiger partial charge in [0.1, 0.15) is 11.1 Å². The van der Waals surface area contributed by atoms with Crippen molar-refractivity contribution in [2.45, 2.75) is 26.2 Å². The molecule has 1 aliphatic carbocycles. The number of hydrogen-bond acceptors (Lipinski definition) is 6. The lowest BCUT2D eigenvalue weighted by Gasteiger charge is -2.17. The summed E-state index contributed by atoms with van der Waals surface area (Å²) in [5.74, 6) is -0.732. The number of esters is 1. The third kappa shape index (κ3) is 3.84. The lowest BCUT2D eigenvalue weighted by atomic mass is 9.89. The Morgan fingerprint density at radius 2 is 2.17 bits per heavy atom. The summed E-state index contributed by atoms with van der Waals surface area (Å²) in [6.45, 7) is 1.66. The van der Waals surface area contributed by atoms with Gasteiger partial charge in [-0.2, -0.15) is 5.26 Å². The maximum absolute atomic E-state index is 12.5. The van der Waals surface area contributed by atoms with E-state index in [2.05, 4.69) is 23.3 Å². The zero-order valence-corrected chi connectivity index (χ0v) is 17.1. The number of thiophene rings is 1. The van der Waals surface area contributed by atoms with Crippen molar-refractivity contribution in [2.75, 3.05) is 11.9 Å².